The zero-order valence-electron chi connectivity index (χ0n) is 20.6. The summed E-state index contributed by atoms with van der Waals surface area (Å²) in [4.78, 5) is 0. The predicted molar refractivity (Wildman–Crippen MR) is 136 cm³/mol. The molecule has 0 unspecified atom stereocenters. The molecular weight excluding hydrogens is 348 g/mol. The van der Waals surface area contributed by atoms with Crippen LogP contribution in [0.4, 0.5) is 0 Å². The second-order valence-electron chi connectivity index (χ2n) is 9.11. The first-order chi connectivity index (χ1) is 14.4. The fourth-order valence-electron chi connectivity index (χ4n) is 3.97. The Kier molecular flexibility index (Phi) is 27.0. The average molecular weight is 405 g/mol. The molecule has 0 saturated carbocycles. The summed E-state index contributed by atoms with van der Waals surface area (Å²) in [5.41, 5.74) is 0. The molecule has 0 rings (SSSR count). The van der Waals surface area contributed by atoms with Crippen molar-refractivity contribution in [1.82, 2.24) is 0 Å². The van der Waals surface area contributed by atoms with Gasteiger partial charge in [0.15, 0.2) is 0 Å². The maximum atomic E-state index is 2.41. The van der Waals surface area contributed by atoms with E-state index in [1.54, 1.807) is 0 Å². The van der Waals surface area contributed by atoms with Crippen LogP contribution in [0.1, 0.15) is 162 Å². The zero-order chi connectivity index (χ0) is 21.1. The lowest BCUT2D eigenvalue weighted by Gasteiger charge is -2.03. The molecule has 0 nitrogen and oxygen atoms in total. The van der Waals surface area contributed by atoms with Crippen LogP contribution >= 0.6 is 0 Å². The lowest BCUT2D eigenvalue weighted by atomic mass is 10.0. The van der Waals surface area contributed by atoms with Crippen molar-refractivity contribution in [2.24, 2.45) is 0 Å². The van der Waals surface area contributed by atoms with Crippen LogP contribution < -0.4 is 0 Å². The molecule has 0 aromatic heterocycles. The SMILES string of the molecule is CCCC/C=C/CC/C=C/CCCCCCCCCCCCCCCCCCC. The van der Waals surface area contributed by atoms with E-state index in [4.69, 9.17) is 0 Å². The summed E-state index contributed by atoms with van der Waals surface area (Å²) in [6.45, 7) is 4.56. The Balaban J connectivity index is 3.08. The summed E-state index contributed by atoms with van der Waals surface area (Å²) < 4.78 is 0. The van der Waals surface area contributed by atoms with Gasteiger partial charge >= 0.3 is 0 Å². The van der Waals surface area contributed by atoms with E-state index in [0.717, 1.165) is 0 Å². The number of hydrogen-bond donors (Lipinski definition) is 0. The molecule has 172 valence electrons. The fourth-order valence-corrected chi connectivity index (χ4v) is 3.97. The molecule has 0 atom stereocenters. The van der Waals surface area contributed by atoms with E-state index in [0.29, 0.717) is 0 Å². The third-order valence-electron chi connectivity index (χ3n) is 6.03. The van der Waals surface area contributed by atoms with Gasteiger partial charge < -0.3 is 0 Å². The first kappa shape index (κ1) is 28.5. The Labute approximate surface area is 186 Å². The standard InChI is InChI=1S/C29H56/c1-3-5-7-9-11-13-15-17-19-21-23-25-27-29-28-26-24-22-20-18-16-14-12-10-8-6-4-2/h9,11,17,19H,3-8,10,12-16,18,20-29H2,1-2H3/b11-9+,19-17+. The highest BCUT2D eigenvalue weighted by molar-refractivity contribution is 4.87. The van der Waals surface area contributed by atoms with Crippen molar-refractivity contribution >= 4 is 0 Å². The highest BCUT2D eigenvalue weighted by atomic mass is 14.0. The van der Waals surface area contributed by atoms with Crippen molar-refractivity contribution in [3.05, 3.63) is 24.3 Å². The van der Waals surface area contributed by atoms with Gasteiger partial charge in [0.2, 0.25) is 0 Å². The van der Waals surface area contributed by atoms with E-state index in [1.807, 2.05) is 0 Å². The second kappa shape index (κ2) is 27.5. The van der Waals surface area contributed by atoms with Crippen LogP contribution in [0.2, 0.25) is 0 Å². The molecule has 0 heteroatoms. The van der Waals surface area contributed by atoms with Gasteiger partial charge in [-0.2, -0.15) is 0 Å². The van der Waals surface area contributed by atoms with Gasteiger partial charge in [0.05, 0.1) is 0 Å². The van der Waals surface area contributed by atoms with Crippen LogP contribution in [-0.2, 0) is 0 Å². The topological polar surface area (TPSA) is 0 Å². The van der Waals surface area contributed by atoms with Gasteiger partial charge in [-0.3, -0.25) is 0 Å². The Morgan fingerprint density at radius 3 is 0.931 bits per heavy atom. The first-order valence-electron chi connectivity index (χ1n) is 13.7. The normalized spacial score (nSPS) is 11.9. The number of rotatable bonds is 24. The maximum absolute atomic E-state index is 2.41. The van der Waals surface area contributed by atoms with Gasteiger partial charge in [0.25, 0.3) is 0 Å². The molecule has 0 N–H and O–H groups in total. The highest BCUT2D eigenvalue weighted by Crippen LogP contribution is 2.14. The summed E-state index contributed by atoms with van der Waals surface area (Å²) in [6, 6.07) is 0. The van der Waals surface area contributed by atoms with Crippen LogP contribution in [0.15, 0.2) is 24.3 Å². The minimum atomic E-state index is 1.22. The number of hydrogen-bond acceptors (Lipinski definition) is 0. The fraction of sp³-hybridized carbons (Fsp3) is 0.862. The van der Waals surface area contributed by atoms with Crippen molar-refractivity contribution in [3.63, 3.8) is 0 Å². The van der Waals surface area contributed by atoms with Crippen molar-refractivity contribution < 1.29 is 0 Å². The van der Waals surface area contributed by atoms with Crippen molar-refractivity contribution in [1.29, 1.82) is 0 Å². The summed E-state index contributed by atoms with van der Waals surface area (Å²) in [6.07, 6.45) is 41.9. The van der Waals surface area contributed by atoms with Gasteiger partial charge in [-0.1, -0.05) is 154 Å². The lowest BCUT2D eigenvalue weighted by molar-refractivity contribution is 0.527. The quantitative estimate of drug-likeness (QED) is 0.111. The molecule has 0 bridgehead atoms. The minimum Gasteiger partial charge on any atom is -0.0885 e. The minimum absolute atomic E-state index is 1.22. The summed E-state index contributed by atoms with van der Waals surface area (Å²) in [7, 11) is 0. The van der Waals surface area contributed by atoms with Crippen LogP contribution in [0, 0.1) is 0 Å². The summed E-state index contributed by atoms with van der Waals surface area (Å²) in [5.74, 6) is 0. The summed E-state index contributed by atoms with van der Waals surface area (Å²) >= 11 is 0. The molecule has 0 aromatic carbocycles. The second-order valence-corrected chi connectivity index (χ2v) is 9.11. The zero-order valence-corrected chi connectivity index (χ0v) is 20.6. The Hall–Kier alpha value is -0.520. The van der Waals surface area contributed by atoms with E-state index >= 15 is 0 Å². The molecule has 0 aliphatic carbocycles. The van der Waals surface area contributed by atoms with Gasteiger partial charge in [-0.25, -0.2) is 0 Å². The summed E-state index contributed by atoms with van der Waals surface area (Å²) in [5, 5.41) is 0. The van der Waals surface area contributed by atoms with E-state index in [9.17, 15) is 0 Å². The molecule has 0 amide bonds. The van der Waals surface area contributed by atoms with Crippen LogP contribution in [0.3, 0.4) is 0 Å². The van der Waals surface area contributed by atoms with E-state index < -0.39 is 0 Å². The molecule has 0 aromatic rings. The van der Waals surface area contributed by atoms with Gasteiger partial charge in [-0.05, 0) is 32.1 Å². The number of unbranched alkanes of at least 4 members (excludes halogenated alkanes) is 20. The van der Waals surface area contributed by atoms with E-state index in [-0.39, 0.29) is 0 Å². The van der Waals surface area contributed by atoms with Gasteiger partial charge in [-0.15, -0.1) is 0 Å². The molecule has 0 fully saturated rings. The van der Waals surface area contributed by atoms with Crippen molar-refractivity contribution in [2.75, 3.05) is 0 Å². The van der Waals surface area contributed by atoms with E-state index in [1.165, 1.54) is 148 Å². The predicted octanol–water partition coefficient (Wildman–Crippen LogP) is 11.1. The molecule has 29 heavy (non-hydrogen) atoms. The van der Waals surface area contributed by atoms with Gasteiger partial charge in [0, 0.05) is 0 Å². The molecule has 0 aliphatic heterocycles. The molecule has 0 heterocycles. The third-order valence-corrected chi connectivity index (χ3v) is 6.03. The van der Waals surface area contributed by atoms with Crippen molar-refractivity contribution in [2.45, 2.75) is 162 Å². The Morgan fingerprint density at radius 1 is 0.276 bits per heavy atom. The molecule has 0 aliphatic rings. The van der Waals surface area contributed by atoms with E-state index in [2.05, 4.69) is 38.2 Å². The van der Waals surface area contributed by atoms with Crippen molar-refractivity contribution in [3.8, 4) is 0 Å². The molecule has 0 radical (unpaired) electrons. The van der Waals surface area contributed by atoms with Gasteiger partial charge in [0.1, 0.15) is 0 Å². The number of allylic oxidation sites excluding steroid dienone is 4. The maximum Gasteiger partial charge on any atom is -0.0316 e. The highest BCUT2D eigenvalue weighted by Gasteiger charge is 1.94. The molecular formula is C29H56. The lowest BCUT2D eigenvalue weighted by Crippen LogP contribution is -1.83. The molecule has 0 saturated heterocycles. The Bertz CT molecular complexity index is 325. The smallest absolute Gasteiger partial charge is 0.0316 e. The van der Waals surface area contributed by atoms with Crippen LogP contribution in [0.5, 0.6) is 0 Å². The third kappa shape index (κ3) is 27.5. The van der Waals surface area contributed by atoms with Crippen LogP contribution in [0.25, 0.3) is 0 Å². The largest absolute Gasteiger partial charge is 0.0885 e. The monoisotopic (exact) mass is 404 g/mol. The first-order valence-corrected chi connectivity index (χ1v) is 13.7. The molecule has 0 spiro atoms. The Morgan fingerprint density at radius 2 is 0.552 bits per heavy atom. The van der Waals surface area contributed by atoms with Crippen LogP contribution in [-0.4, -0.2) is 0 Å². The average Bonchev–Trinajstić information content (AvgIpc) is 2.74.